The molecular formula is C47H30N2OS. The minimum absolute atomic E-state index is 0.0195. The zero-order valence-electron chi connectivity index (χ0n) is 35.8. The van der Waals surface area contributed by atoms with E-state index in [2.05, 4.69) is 29.2 Å². The molecule has 2 aromatic heterocycles. The number of aromatic nitrogens is 1. The van der Waals surface area contributed by atoms with Crippen LogP contribution in [0, 0.1) is 0 Å². The highest BCUT2D eigenvalue weighted by Gasteiger charge is 2.18. The summed E-state index contributed by atoms with van der Waals surface area (Å²) in [5.41, 5.74) is 6.05. The van der Waals surface area contributed by atoms with Crippen molar-refractivity contribution in [3.8, 4) is 33.7 Å². The van der Waals surface area contributed by atoms with Gasteiger partial charge in [-0.05, 0) is 88.2 Å². The Bertz CT molecular complexity index is 3290. The third-order valence-electron chi connectivity index (χ3n) is 9.18. The maximum Gasteiger partial charge on any atom is 0.227 e. The van der Waals surface area contributed by atoms with Crippen LogP contribution in [-0.4, -0.2) is 4.98 Å². The Morgan fingerprint density at radius 1 is 0.510 bits per heavy atom. The Hall–Kier alpha value is -6.49. The van der Waals surface area contributed by atoms with Gasteiger partial charge in [-0.2, -0.15) is 0 Å². The second kappa shape index (κ2) is 12.1. The highest BCUT2D eigenvalue weighted by molar-refractivity contribution is 7.26. The van der Waals surface area contributed by atoms with Crippen LogP contribution in [0.4, 0.5) is 17.1 Å². The smallest absolute Gasteiger partial charge is 0.227 e. The first-order valence-corrected chi connectivity index (χ1v) is 17.2. The summed E-state index contributed by atoms with van der Waals surface area (Å²) in [5.74, 6) is 0.223. The van der Waals surface area contributed by atoms with Crippen LogP contribution in [0.1, 0.15) is 12.3 Å². The van der Waals surface area contributed by atoms with Crippen LogP contribution in [0.5, 0.6) is 0 Å². The molecule has 0 unspecified atom stereocenters. The molecule has 0 bridgehead atoms. The third-order valence-corrected chi connectivity index (χ3v) is 10.4. The summed E-state index contributed by atoms with van der Waals surface area (Å²) in [7, 11) is 0. The van der Waals surface area contributed by atoms with E-state index in [0.717, 1.165) is 53.2 Å². The maximum atomic E-state index is 8.88. The lowest BCUT2D eigenvalue weighted by molar-refractivity contribution is 0.620. The Morgan fingerprint density at radius 3 is 1.98 bits per heavy atom. The zero-order chi connectivity index (χ0) is 41.6. The number of rotatable bonds is 6. The number of hydrogen-bond acceptors (Lipinski definition) is 4. The molecule has 0 saturated carbocycles. The highest BCUT2D eigenvalue weighted by atomic mass is 32.1. The molecular weight excluding hydrogens is 641 g/mol. The van der Waals surface area contributed by atoms with Gasteiger partial charge in [0.05, 0.1) is 12.3 Å². The van der Waals surface area contributed by atoms with Crippen molar-refractivity contribution in [1.29, 1.82) is 0 Å². The molecule has 10 aromatic rings. The van der Waals surface area contributed by atoms with Gasteiger partial charge in [-0.15, -0.1) is 11.3 Å². The Balaban J connectivity index is 1.08. The number of fused-ring (bicyclic) bond motifs is 6. The molecule has 0 spiro atoms. The first-order valence-electron chi connectivity index (χ1n) is 20.9. The average Bonchev–Trinajstić information content (AvgIpc) is 3.91. The van der Waals surface area contributed by atoms with E-state index in [9.17, 15) is 0 Å². The molecule has 0 aliphatic carbocycles. The zero-order valence-corrected chi connectivity index (χ0v) is 27.7. The molecule has 2 heterocycles. The minimum Gasteiger partial charge on any atom is -0.436 e. The van der Waals surface area contributed by atoms with Crippen molar-refractivity contribution in [3.63, 3.8) is 0 Å². The summed E-state index contributed by atoms with van der Waals surface area (Å²) in [5, 5.41) is 3.97. The highest BCUT2D eigenvalue weighted by Crippen LogP contribution is 2.45. The summed E-state index contributed by atoms with van der Waals surface area (Å²) in [6.45, 7) is 0. The van der Waals surface area contributed by atoms with E-state index in [1.165, 1.54) is 0 Å². The average molecular weight is 680 g/mol. The van der Waals surface area contributed by atoms with Gasteiger partial charge in [0.25, 0.3) is 0 Å². The monoisotopic (exact) mass is 679 g/mol. The van der Waals surface area contributed by atoms with Gasteiger partial charge in [0.2, 0.25) is 5.89 Å². The number of thiophene rings is 1. The molecule has 0 amide bonds. The number of para-hydroxylation sites is 3. The van der Waals surface area contributed by atoms with Crippen molar-refractivity contribution in [2.75, 3.05) is 4.90 Å². The van der Waals surface area contributed by atoms with Gasteiger partial charge >= 0.3 is 0 Å². The predicted molar refractivity (Wildman–Crippen MR) is 215 cm³/mol. The predicted octanol–water partition coefficient (Wildman–Crippen LogP) is 13.8. The van der Waals surface area contributed by atoms with E-state index in [-0.39, 0.29) is 58.9 Å². The molecule has 240 valence electrons. The number of anilines is 3. The second-order valence-corrected chi connectivity index (χ2v) is 13.1. The molecule has 0 aliphatic rings. The van der Waals surface area contributed by atoms with Crippen molar-refractivity contribution in [2.24, 2.45) is 0 Å². The van der Waals surface area contributed by atoms with Crippen LogP contribution in [0.2, 0.25) is 0 Å². The topological polar surface area (TPSA) is 29.3 Å². The van der Waals surface area contributed by atoms with Crippen LogP contribution in [0.15, 0.2) is 186 Å². The number of hydrogen-bond donors (Lipinski definition) is 0. The summed E-state index contributed by atoms with van der Waals surface area (Å²) in [4.78, 5) is 6.28. The molecule has 0 fully saturated rings. The van der Waals surface area contributed by atoms with Crippen LogP contribution < -0.4 is 4.90 Å². The molecule has 0 N–H and O–H groups in total. The van der Waals surface area contributed by atoms with Gasteiger partial charge in [-0.3, -0.25) is 0 Å². The lowest BCUT2D eigenvalue weighted by Gasteiger charge is -2.26. The van der Waals surface area contributed by atoms with E-state index < -0.39 is 18.1 Å². The van der Waals surface area contributed by atoms with E-state index >= 15 is 0 Å². The largest absolute Gasteiger partial charge is 0.436 e. The molecule has 8 aromatic carbocycles. The van der Waals surface area contributed by atoms with Gasteiger partial charge in [0, 0.05) is 48.2 Å². The standard InChI is InChI=1S/C47H30N2OS/c1-3-11-31(12-4-1)32-21-25-35(26-22-32)49(34-13-5-2-6-14-34)36-27-23-33(24-28-36)37-15-9-16-39-38(37)29-30-40-45-41(17-10-20-44(45)51-46(39)40)47-48-42-18-7-8-19-43(42)50-47/h1-30H/i2D,5D,6D,7D,8D,13D,14D,18D,19D. The van der Waals surface area contributed by atoms with Gasteiger partial charge in [-0.25, -0.2) is 4.98 Å². The van der Waals surface area contributed by atoms with Crippen molar-refractivity contribution in [3.05, 3.63) is 182 Å². The van der Waals surface area contributed by atoms with Crippen molar-refractivity contribution in [1.82, 2.24) is 4.98 Å². The Labute approximate surface area is 312 Å². The van der Waals surface area contributed by atoms with E-state index in [0.29, 0.717) is 16.9 Å². The fraction of sp³-hybridized carbons (Fsp3) is 0. The number of benzene rings is 8. The number of nitrogens with zero attached hydrogens (tertiary/aromatic N) is 2. The van der Waals surface area contributed by atoms with Gasteiger partial charge < -0.3 is 9.32 Å². The molecule has 3 nitrogen and oxygen atoms in total. The molecule has 0 saturated heterocycles. The lowest BCUT2D eigenvalue weighted by atomic mass is 9.96. The third kappa shape index (κ3) is 5.08. The first-order chi connectivity index (χ1) is 29.0. The first kappa shape index (κ1) is 21.6. The fourth-order valence-corrected chi connectivity index (χ4v) is 8.10. The summed E-state index contributed by atoms with van der Waals surface area (Å²) < 4.78 is 84.0. The van der Waals surface area contributed by atoms with Crippen LogP contribution in [0.25, 0.3) is 75.8 Å². The van der Waals surface area contributed by atoms with E-state index in [1.807, 2.05) is 103 Å². The van der Waals surface area contributed by atoms with E-state index in [4.69, 9.17) is 16.8 Å². The molecule has 51 heavy (non-hydrogen) atoms. The number of oxazole rings is 1. The van der Waals surface area contributed by atoms with Gasteiger partial charge in [0.1, 0.15) is 5.52 Å². The lowest BCUT2D eigenvalue weighted by Crippen LogP contribution is -2.09. The quantitative estimate of drug-likeness (QED) is 0.175. The second-order valence-electron chi connectivity index (χ2n) is 12.1. The van der Waals surface area contributed by atoms with Crippen molar-refractivity contribution < 1.29 is 16.8 Å². The molecule has 0 aliphatic heterocycles. The molecule has 0 atom stereocenters. The minimum atomic E-state index is -0.452. The van der Waals surface area contributed by atoms with Crippen LogP contribution in [0.3, 0.4) is 0 Å². The van der Waals surface area contributed by atoms with Gasteiger partial charge in [-0.1, -0.05) is 121 Å². The Kier molecular flexibility index (Phi) is 5.13. The van der Waals surface area contributed by atoms with Crippen molar-refractivity contribution >= 4 is 70.4 Å². The summed E-state index contributed by atoms with van der Waals surface area (Å²) in [6, 6.07) is 38.5. The van der Waals surface area contributed by atoms with Gasteiger partial charge in [0.15, 0.2) is 5.58 Å². The Morgan fingerprint density at radius 2 is 1.18 bits per heavy atom. The maximum absolute atomic E-state index is 8.88. The van der Waals surface area contributed by atoms with E-state index in [1.54, 1.807) is 16.2 Å². The fourth-order valence-electron chi connectivity index (χ4n) is 6.84. The summed E-state index contributed by atoms with van der Waals surface area (Å²) in [6.07, 6.45) is 0. The van der Waals surface area contributed by atoms with Crippen LogP contribution >= 0.6 is 11.3 Å². The molecule has 0 radical (unpaired) electrons. The summed E-state index contributed by atoms with van der Waals surface area (Å²) >= 11 is 1.64. The SMILES string of the molecule is [2H]c1c([2H])c([2H])c(N(c2ccc(-c3ccccc3)cc2)c2ccc(-c3cccc4c3ccc3c4sc4cccc(-c5nc6c([2H])c([2H])c([2H])c([2H])c6o5)c43)cc2)c([2H])c1[2H]. The molecule has 10 rings (SSSR count). The van der Waals surface area contributed by atoms with Crippen molar-refractivity contribution in [2.45, 2.75) is 0 Å². The normalized spacial score (nSPS) is 14.0. The molecule has 4 heteroatoms. The van der Waals surface area contributed by atoms with Crippen LogP contribution in [-0.2, 0) is 0 Å².